The van der Waals surface area contributed by atoms with Gasteiger partial charge < -0.3 is 4.98 Å². The standard InChI is InChI=1S/C11H12BN3O/c1-11(2,3)9(16)6-4-13-10-8(6)15-7(12)5-14-10/h4-5H,1-3H3,(H,13,14). The smallest absolute Gasteiger partial charge is 0.171 e. The van der Waals surface area contributed by atoms with E-state index in [2.05, 4.69) is 15.0 Å². The van der Waals surface area contributed by atoms with Gasteiger partial charge in [-0.25, -0.2) is 4.98 Å². The summed E-state index contributed by atoms with van der Waals surface area (Å²) in [5, 5.41) is 0. The minimum absolute atomic E-state index is 0.0265. The molecule has 2 aromatic heterocycles. The van der Waals surface area contributed by atoms with Crippen molar-refractivity contribution in [2.24, 2.45) is 5.41 Å². The molecule has 0 aliphatic carbocycles. The molecule has 1 N–H and O–H groups in total. The Morgan fingerprint density at radius 3 is 2.75 bits per heavy atom. The Bertz CT molecular complexity index is 554. The molecule has 2 rings (SSSR count). The maximum absolute atomic E-state index is 12.1. The fourth-order valence-corrected chi connectivity index (χ4v) is 1.48. The average Bonchev–Trinajstić information content (AvgIpc) is 2.57. The molecule has 80 valence electrons. The Morgan fingerprint density at radius 2 is 2.12 bits per heavy atom. The number of nitrogens with one attached hydrogen (secondary N) is 1. The number of fused-ring (bicyclic) bond motifs is 1. The van der Waals surface area contributed by atoms with Crippen LogP contribution in [0.3, 0.4) is 0 Å². The van der Waals surface area contributed by atoms with E-state index >= 15 is 0 Å². The number of ketones is 1. The minimum atomic E-state index is -0.443. The lowest BCUT2D eigenvalue weighted by atomic mass is 9.87. The molecular weight excluding hydrogens is 201 g/mol. The van der Waals surface area contributed by atoms with Gasteiger partial charge in [0.05, 0.1) is 5.56 Å². The fourth-order valence-electron chi connectivity index (χ4n) is 1.48. The van der Waals surface area contributed by atoms with E-state index in [1.165, 1.54) is 6.20 Å². The SMILES string of the molecule is [B]c1cnc2[nH]cc(C(=O)C(C)(C)C)c2n1. The van der Waals surface area contributed by atoms with Gasteiger partial charge in [0.15, 0.2) is 11.4 Å². The second-order valence-corrected chi connectivity index (χ2v) is 4.77. The molecule has 0 saturated heterocycles. The summed E-state index contributed by atoms with van der Waals surface area (Å²) in [5.41, 5.74) is 1.54. The monoisotopic (exact) mass is 213 g/mol. The molecule has 5 heteroatoms. The van der Waals surface area contributed by atoms with Gasteiger partial charge in [-0.1, -0.05) is 20.8 Å². The normalized spacial score (nSPS) is 11.9. The number of carbonyl (C=O) groups is 1. The van der Waals surface area contributed by atoms with Gasteiger partial charge >= 0.3 is 0 Å². The van der Waals surface area contributed by atoms with Gasteiger partial charge in [-0.3, -0.25) is 9.78 Å². The van der Waals surface area contributed by atoms with Crippen LogP contribution in [0.4, 0.5) is 0 Å². The Labute approximate surface area is 94.9 Å². The molecule has 0 spiro atoms. The first-order valence-corrected chi connectivity index (χ1v) is 5.04. The van der Waals surface area contributed by atoms with Crippen molar-refractivity contribution in [2.75, 3.05) is 0 Å². The maximum atomic E-state index is 12.1. The van der Waals surface area contributed by atoms with Crippen LogP contribution in [0, 0.1) is 5.41 Å². The number of H-pyrrole nitrogens is 1. The molecule has 0 aromatic carbocycles. The van der Waals surface area contributed by atoms with E-state index in [9.17, 15) is 4.79 Å². The molecule has 0 amide bonds. The molecule has 0 fully saturated rings. The third kappa shape index (κ3) is 1.73. The molecule has 4 nitrogen and oxygen atoms in total. The fraction of sp³-hybridized carbons (Fsp3) is 0.364. The van der Waals surface area contributed by atoms with E-state index < -0.39 is 5.41 Å². The van der Waals surface area contributed by atoms with Crippen LogP contribution >= 0.6 is 0 Å². The first-order chi connectivity index (χ1) is 7.39. The molecule has 0 unspecified atom stereocenters. The third-order valence-corrected chi connectivity index (χ3v) is 2.33. The predicted octanol–water partition coefficient (Wildman–Crippen LogP) is 0.980. The number of nitrogens with zero attached hydrogens (tertiary/aromatic N) is 2. The van der Waals surface area contributed by atoms with Crippen molar-refractivity contribution in [3.63, 3.8) is 0 Å². The molecular formula is C11H12BN3O. The molecule has 0 aliphatic rings. The van der Waals surface area contributed by atoms with E-state index in [1.807, 2.05) is 20.8 Å². The summed E-state index contributed by atoms with van der Waals surface area (Å²) in [7, 11) is 5.56. The van der Waals surface area contributed by atoms with Crippen molar-refractivity contribution in [3.05, 3.63) is 18.0 Å². The molecule has 2 radical (unpaired) electrons. The van der Waals surface area contributed by atoms with E-state index in [0.717, 1.165) is 0 Å². The zero-order valence-electron chi connectivity index (χ0n) is 9.53. The molecule has 2 aromatic rings. The Balaban J connectivity index is 2.62. The van der Waals surface area contributed by atoms with Gasteiger partial charge in [0.2, 0.25) is 0 Å². The molecule has 2 heterocycles. The maximum Gasteiger partial charge on any atom is 0.171 e. The molecule has 0 bridgehead atoms. The summed E-state index contributed by atoms with van der Waals surface area (Å²) < 4.78 is 0. The van der Waals surface area contributed by atoms with Gasteiger partial charge in [-0.15, -0.1) is 0 Å². The van der Waals surface area contributed by atoms with E-state index in [4.69, 9.17) is 7.85 Å². The predicted molar refractivity (Wildman–Crippen MR) is 63.1 cm³/mol. The summed E-state index contributed by atoms with van der Waals surface area (Å²) in [6, 6.07) is 0. The average molecular weight is 213 g/mol. The number of carbonyl (C=O) groups excluding carboxylic acids is 1. The van der Waals surface area contributed by atoms with E-state index in [0.29, 0.717) is 22.3 Å². The van der Waals surface area contributed by atoms with Crippen LogP contribution in [-0.2, 0) is 0 Å². The Morgan fingerprint density at radius 1 is 1.44 bits per heavy atom. The summed E-state index contributed by atoms with van der Waals surface area (Å²) in [6.07, 6.45) is 3.10. The topological polar surface area (TPSA) is 58.6 Å². The number of hydrogen-bond donors (Lipinski definition) is 1. The Hall–Kier alpha value is -1.65. The third-order valence-electron chi connectivity index (χ3n) is 2.33. The quantitative estimate of drug-likeness (QED) is 0.567. The van der Waals surface area contributed by atoms with Crippen molar-refractivity contribution in [1.29, 1.82) is 0 Å². The van der Waals surface area contributed by atoms with E-state index in [1.54, 1.807) is 6.20 Å². The van der Waals surface area contributed by atoms with Crippen molar-refractivity contribution < 1.29 is 4.79 Å². The number of Topliss-reactive ketones (excluding diaryl/α,β-unsaturated/α-hetero) is 1. The van der Waals surface area contributed by atoms with Crippen LogP contribution in [-0.4, -0.2) is 28.6 Å². The van der Waals surface area contributed by atoms with Crippen LogP contribution < -0.4 is 5.59 Å². The lowest BCUT2D eigenvalue weighted by Gasteiger charge is -2.15. The lowest BCUT2D eigenvalue weighted by molar-refractivity contribution is 0.0860. The van der Waals surface area contributed by atoms with E-state index in [-0.39, 0.29) is 5.78 Å². The Kier molecular flexibility index (Phi) is 2.33. The van der Waals surface area contributed by atoms with Gasteiger partial charge in [0, 0.05) is 23.4 Å². The first kappa shape index (κ1) is 10.9. The number of aromatic amines is 1. The highest BCUT2D eigenvalue weighted by molar-refractivity contribution is 6.31. The second-order valence-electron chi connectivity index (χ2n) is 4.77. The van der Waals surface area contributed by atoms with Gasteiger partial charge in [0.1, 0.15) is 13.4 Å². The first-order valence-electron chi connectivity index (χ1n) is 5.04. The van der Waals surface area contributed by atoms with Crippen molar-refractivity contribution >= 4 is 30.4 Å². The van der Waals surface area contributed by atoms with Crippen LogP contribution in [0.2, 0.25) is 0 Å². The highest BCUT2D eigenvalue weighted by Gasteiger charge is 2.26. The second kappa shape index (κ2) is 3.44. The molecule has 0 saturated carbocycles. The highest BCUT2D eigenvalue weighted by atomic mass is 16.1. The van der Waals surface area contributed by atoms with Crippen LogP contribution in [0.1, 0.15) is 31.1 Å². The molecule has 0 atom stereocenters. The number of rotatable bonds is 1. The molecule has 0 aliphatic heterocycles. The summed E-state index contributed by atoms with van der Waals surface area (Å²) in [5.74, 6) is 0.0265. The summed E-state index contributed by atoms with van der Waals surface area (Å²) in [4.78, 5) is 23.2. The van der Waals surface area contributed by atoms with Crippen LogP contribution in [0.15, 0.2) is 12.4 Å². The zero-order valence-corrected chi connectivity index (χ0v) is 9.53. The number of hydrogen-bond acceptors (Lipinski definition) is 3. The van der Waals surface area contributed by atoms with Crippen LogP contribution in [0.25, 0.3) is 11.2 Å². The minimum Gasteiger partial charge on any atom is -0.344 e. The summed E-state index contributed by atoms with van der Waals surface area (Å²) in [6.45, 7) is 5.61. The lowest BCUT2D eigenvalue weighted by Crippen LogP contribution is -2.20. The van der Waals surface area contributed by atoms with Gasteiger partial charge in [0.25, 0.3) is 0 Å². The van der Waals surface area contributed by atoms with Crippen molar-refractivity contribution in [3.8, 4) is 0 Å². The largest absolute Gasteiger partial charge is 0.344 e. The van der Waals surface area contributed by atoms with Crippen molar-refractivity contribution in [1.82, 2.24) is 15.0 Å². The van der Waals surface area contributed by atoms with Gasteiger partial charge in [-0.2, -0.15) is 0 Å². The van der Waals surface area contributed by atoms with Gasteiger partial charge in [-0.05, 0) is 0 Å². The van der Waals surface area contributed by atoms with Crippen molar-refractivity contribution in [2.45, 2.75) is 20.8 Å². The molecule has 16 heavy (non-hydrogen) atoms. The number of aromatic nitrogens is 3. The highest BCUT2D eigenvalue weighted by Crippen LogP contribution is 2.24. The van der Waals surface area contributed by atoms with Crippen LogP contribution in [0.5, 0.6) is 0 Å². The zero-order chi connectivity index (χ0) is 11.9. The summed E-state index contributed by atoms with van der Waals surface area (Å²) >= 11 is 0.